The van der Waals surface area contributed by atoms with Crippen LogP contribution in [0, 0.1) is 13.8 Å². The molecule has 0 bridgehead atoms. The number of aliphatic hydroxyl groups is 1. The summed E-state index contributed by atoms with van der Waals surface area (Å²) in [6, 6.07) is 5.98. The van der Waals surface area contributed by atoms with E-state index in [9.17, 15) is 9.90 Å². The highest BCUT2D eigenvalue weighted by atomic mass is 16.5. The predicted octanol–water partition coefficient (Wildman–Crippen LogP) is 1.67. The van der Waals surface area contributed by atoms with Crippen molar-refractivity contribution in [3.05, 3.63) is 29.3 Å². The second kappa shape index (κ2) is 5.21. The number of hydrogen-bond acceptors (Lipinski definition) is 3. The SMILES string of the molecule is Cc1cccc(C)c1OCCC(=O)N1CC(C)(O)C1. The summed E-state index contributed by atoms with van der Waals surface area (Å²) in [6.07, 6.45) is 0.351. The number of para-hydroxylation sites is 1. The third-order valence-electron chi connectivity index (χ3n) is 3.39. The number of amides is 1. The molecule has 1 aliphatic rings. The van der Waals surface area contributed by atoms with Crippen molar-refractivity contribution in [2.45, 2.75) is 32.8 Å². The van der Waals surface area contributed by atoms with E-state index >= 15 is 0 Å². The van der Waals surface area contributed by atoms with Crippen molar-refractivity contribution in [2.75, 3.05) is 19.7 Å². The van der Waals surface area contributed by atoms with E-state index in [2.05, 4.69) is 0 Å². The first-order chi connectivity index (χ1) is 8.89. The Morgan fingerprint density at radius 2 is 1.95 bits per heavy atom. The molecule has 0 spiro atoms. The summed E-state index contributed by atoms with van der Waals surface area (Å²) >= 11 is 0. The molecule has 4 nitrogen and oxygen atoms in total. The van der Waals surface area contributed by atoms with Gasteiger partial charge < -0.3 is 14.7 Å². The Morgan fingerprint density at radius 1 is 1.37 bits per heavy atom. The number of hydrogen-bond donors (Lipinski definition) is 1. The number of β-amino-alcohol motifs (C(OH)–C–C–N with tert-alkyl or cyclic N) is 1. The molecule has 0 saturated carbocycles. The zero-order chi connectivity index (χ0) is 14.0. The van der Waals surface area contributed by atoms with Crippen LogP contribution in [0.25, 0.3) is 0 Å². The minimum absolute atomic E-state index is 0.0396. The molecule has 1 fully saturated rings. The van der Waals surface area contributed by atoms with Gasteiger partial charge in [-0.25, -0.2) is 0 Å². The first kappa shape index (κ1) is 13.9. The fraction of sp³-hybridized carbons (Fsp3) is 0.533. The lowest BCUT2D eigenvalue weighted by Crippen LogP contribution is -2.61. The van der Waals surface area contributed by atoms with Crippen LogP contribution in [0.15, 0.2) is 18.2 Å². The van der Waals surface area contributed by atoms with Crippen molar-refractivity contribution < 1.29 is 14.6 Å². The lowest BCUT2D eigenvalue weighted by Gasteiger charge is -2.44. The summed E-state index contributed by atoms with van der Waals surface area (Å²) < 4.78 is 5.70. The first-order valence-corrected chi connectivity index (χ1v) is 6.58. The summed E-state index contributed by atoms with van der Waals surface area (Å²) in [6.45, 7) is 6.96. The van der Waals surface area contributed by atoms with Gasteiger partial charge in [-0.1, -0.05) is 18.2 Å². The molecule has 0 aromatic heterocycles. The van der Waals surface area contributed by atoms with Crippen LogP contribution < -0.4 is 4.74 Å². The normalized spacial score (nSPS) is 16.9. The van der Waals surface area contributed by atoms with E-state index in [-0.39, 0.29) is 5.91 Å². The smallest absolute Gasteiger partial charge is 0.226 e. The molecule has 4 heteroatoms. The first-order valence-electron chi connectivity index (χ1n) is 6.58. The van der Waals surface area contributed by atoms with Gasteiger partial charge in [0.15, 0.2) is 0 Å². The van der Waals surface area contributed by atoms with E-state index in [4.69, 9.17) is 4.74 Å². The number of aryl methyl sites for hydroxylation is 2. The lowest BCUT2D eigenvalue weighted by molar-refractivity contribution is -0.152. The van der Waals surface area contributed by atoms with Gasteiger partial charge in [0.25, 0.3) is 0 Å². The van der Waals surface area contributed by atoms with Gasteiger partial charge in [0.1, 0.15) is 5.75 Å². The van der Waals surface area contributed by atoms with Crippen molar-refractivity contribution in [1.29, 1.82) is 0 Å². The number of rotatable bonds is 4. The molecule has 0 atom stereocenters. The molecule has 0 radical (unpaired) electrons. The molecule has 1 aromatic rings. The van der Waals surface area contributed by atoms with E-state index in [1.165, 1.54) is 0 Å². The average molecular weight is 263 g/mol. The molecule has 1 heterocycles. The number of nitrogens with zero attached hydrogens (tertiary/aromatic N) is 1. The summed E-state index contributed by atoms with van der Waals surface area (Å²) in [5, 5.41) is 9.58. The van der Waals surface area contributed by atoms with Crippen LogP contribution in [-0.2, 0) is 4.79 Å². The number of benzene rings is 1. The van der Waals surface area contributed by atoms with Crippen LogP contribution in [0.4, 0.5) is 0 Å². The van der Waals surface area contributed by atoms with Crippen molar-refractivity contribution in [3.8, 4) is 5.75 Å². The Kier molecular flexibility index (Phi) is 3.80. The number of carbonyl (C=O) groups excluding carboxylic acids is 1. The third-order valence-corrected chi connectivity index (χ3v) is 3.39. The number of likely N-dealkylation sites (tertiary alicyclic amines) is 1. The van der Waals surface area contributed by atoms with Gasteiger partial charge in [-0.05, 0) is 31.9 Å². The molecule has 1 saturated heterocycles. The van der Waals surface area contributed by atoms with Gasteiger partial charge in [-0.15, -0.1) is 0 Å². The maximum absolute atomic E-state index is 11.8. The fourth-order valence-electron chi connectivity index (χ4n) is 2.38. The van der Waals surface area contributed by atoms with Crippen molar-refractivity contribution in [2.24, 2.45) is 0 Å². The largest absolute Gasteiger partial charge is 0.493 e. The molecule has 19 heavy (non-hydrogen) atoms. The van der Waals surface area contributed by atoms with Crippen LogP contribution in [0.5, 0.6) is 5.75 Å². The van der Waals surface area contributed by atoms with Crippen molar-refractivity contribution in [3.63, 3.8) is 0 Å². The summed E-state index contributed by atoms with van der Waals surface area (Å²) in [7, 11) is 0. The summed E-state index contributed by atoms with van der Waals surface area (Å²) in [5.41, 5.74) is 1.46. The lowest BCUT2D eigenvalue weighted by atomic mass is 9.97. The average Bonchev–Trinajstić information content (AvgIpc) is 2.29. The Labute approximate surface area is 114 Å². The Bertz CT molecular complexity index is 454. The van der Waals surface area contributed by atoms with Gasteiger partial charge in [0.2, 0.25) is 5.91 Å². The molecular weight excluding hydrogens is 242 g/mol. The van der Waals surface area contributed by atoms with E-state index in [1.807, 2.05) is 32.0 Å². The molecular formula is C15H21NO3. The molecule has 1 N–H and O–H groups in total. The maximum Gasteiger partial charge on any atom is 0.226 e. The van der Waals surface area contributed by atoms with E-state index in [0.717, 1.165) is 16.9 Å². The zero-order valence-electron chi connectivity index (χ0n) is 11.8. The second-order valence-corrected chi connectivity index (χ2v) is 5.57. The highest BCUT2D eigenvalue weighted by Gasteiger charge is 2.38. The molecule has 1 amide bonds. The number of ether oxygens (including phenoxy) is 1. The fourth-order valence-corrected chi connectivity index (χ4v) is 2.38. The van der Waals surface area contributed by atoms with Crippen LogP contribution >= 0.6 is 0 Å². The highest BCUT2D eigenvalue weighted by molar-refractivity contribution is 5.77. The van der Waals surface area contributed by atoms with Gasteiger partial charge in [-0.2, -0.15) is 0 Å². The summed E-state index contributed by atoms with van der Waals surface area (Å²) in [5.74, 6) is 0.906. The topological polar surface area (TPSA) is 49.8 Å². The standard InChI is InChI=1S/C15H21NO3/c1-11-5-4-6-12(2)14(11)19-8-7-13(17)16-9-15(3,18)10-16/h4-6,18H,7-10H2,1-3H3. The molecule has 2 rings (SSSR count). The third kappa shape index (κ3) is 3.26. The van der Waals surface area contributed by atoms with Crippen LogP contribution in [0.2, 0.25) is 0 Å². The Hall–Kier alpha value is -1.55. The Balaban J connectivity index is 1.80. The minimum atomic E-state index is -0.705. The highest BCUT2D eigenvalue weighted by Crippen LogP contribution is 2.23. The van der Waals surface area contributed by atoms with Crippen LogP contribution in [0.3, 0.4) is 0 Å². The molecule has 104 valence electrons. The molecule has 0 aliphatic carbocycles. The van der Waals surface area contributed by atoms with E-state index in [1.54, 1.807) is 11.8 Å². The van der Waals surface area contributed by atoms with Gasteiger partial charge in [0.05, 0.1) is 31.7 Å². The van der Waals surface area contributed by atoms with Gasteiger partial charge in [0, 0.05) is 0 Å². The van der Waals surface area contributed by atoms with Crippen LogP contribution in [0.1, 0.15) is 24.5 Å². The predicted molar refractivity (Wildman–Crippen MR) is 73.2 cm³/mol. The van der Waals surface area contributed by atoms with Crippen molar-refractivity contribution in [1.82, 2.24) is 4.90 Å². The van der Waals surface area contributed by atoms with Gasteiger partial charge in [-0.3, -0.25) is 4.79 Å². The maximum atomic E-state index is 11.8. The quantitative estimate of drug-likeness (QED) is 0.899. The zero-order valence-corrected chi connectivity index (χ0v) is 11.8. The number of carbonyl (C=O) groups is 1. The van der Waals surface area contributed by atoms with Crippen molar-refractivity contribution >= 4 is 5.91 Å². The Morgan fingerprint density at radius 3 is 2.47 bits per heavy atom. The van der Waals surface area contributed by atoms with E-state index in [0.29, 0.717) is 26.1 Å². The van der Waals surface area contributed by atoms with Gasteiger partial charge >= 0.3 is 0 Å². The monoisotopic (exact) mass is 263 g/mol. The minimum Gasteiger partial charge on any atom is -0.493 e. The van der Waals surface area contributed by atoms with Crippen LogP contribution in [-0.4, -0.2) is 41.2 Å². The molecule has 1 aliphatic heterocycles. The second-order valence-electron chi connectivity index (χ2n) is 5.57. The van der Waals surface area contributed by atoms with E-state index < -0.39 is 5.60 Å². The molecule has 0 unspecified atom stereocenters. The molecule has 1 aromatic carbocycles. The summed E-state index contributed by atoms with van der Waals surface area (Å²) in [4.78, 5) is 13.5.